The lowest BCUT2D eigenvalue weighted by molar-refractivity contribution is 0.0905. The summed E-state index contributed by atoms with van der Waals surface area (Å²) in [6.45, 7) is 8.64. The third kappa shape index (κ3) is 5.65. The SMILES string of the molecule is CCCCC(CC)C(=O)c1ccc(-c2c3ccsc3c(-c3ccc(C(=O)C(CC)CCCC)s3)c3ccsc23)s1. The Morgan fingerprint density at radius 2 is 1.05 bits per heavy atom. The molecule has 2 nitrogen and oxygen atoms in total. The van der Waals surface area contributed by atoms with Crippen molar-refractivity contribution < 1.29 is 9.59 Å². The second-order valence-corrected chi connectivity index (χ2v) is 14.6. The van der Waals surface area contributed by atoms with Gasteiger partial charge in [0, 0.05) is 52.9 Å². The van der Waals surface area contributed by atoms with E-state index in [-0.39, 0.29) is 11.8 Å². The molecule has 5 rings (SSSR count). The minimum Gasteiger partial charge on any atom is -0.293 e. The second-order valence-electron chi connectivity index (χ2n) is 10.6. The Balaban J connectivity index is 1.55. The monoisotopic (exact) mass is 606 g/mol. The first kappa shape index (κ1) is 29.4. The van der Waals surface area contributed by atoms with Crippen LogP contribution >= 0.6 is 45.3 Å². The van der Waals surface area contributed by atoms with Crippen molar-refractivity contribution in [2.75, 3.05) is 0 Å². The molecule has 210 valence electrons. The Hall–Kier alpha value is -2.12. The van der Waals surface area contributed by atoms with Crippen LogP contribution < -0.4 is 0 Å². The Morgan fingerprint density at radius 1 is 0.625 bits per heavy atom. The van der Waals surface area contributed by atoms with Crippen LogP contribution in [0, 0.1) is 11.8 Å². The van der Waals surface area contributed by atoms with E-state index in [4.69, 9.17) is 0 Å². The number of carbonyl (C=O) groups is 2. The molecule has 5 aromatic rings. The van der Waals surface area contributed by atoms with Crippen LogP contribution in [0.1, 0.15) is 98.4 Å². The van der Waals surface area contributed by atoms with Crippen LogP contribution in [0.3, 0.4) is 0 Å². The number of benzene rings is 1. The van der Waals surface area contributed by atoms with Crippen molar-refractivity contribution >= 4 is 77.1 Å². The Bertz CT molecular complexity index is 1440. The second kappa shape index (κ2) is 13.2. The number of unbranched alkanes of at least 4 members (excludes halogenated alkanes) is 2. The van der Waals surface area contributed by atoms with Gasteiger partial charge < -0.3 is 0 Å². The molecule has 0 aliphatic rings. The van der Waals surface area contributed by atoms with Crippen molar-refractivity contribution in [1.82, 2.24) is 0 Å². The smallest absolute Gasteiger partial charge is 0.175 e. The average molecular weight is 607 g/mol. The molecule has 1 aromatic carbocycles. The van der Waals surface area contributed by atoms with E-state index >= 15 is 0 Å². The maximum atomic E-state index is 13.4. The zero-order valence-corrected chi connectivity index (χ0v) is 27.1. The zero-order valence-electron chi connectivity index (χ0n) is 23.9. The minimum atomic E-state index is 0.113. The van der Waals surface area contributed by atoms with Gasteiger partial charge in [0.1, 0.15) is 0 Å². The molecule has 4 aromatic heterocycles. The molecule has 0 saturated carbocycles. The summed E-state index contributed by atoms with van der Waals surface area (Å²) in [7, 11) is 0. The van der Waals surface area contributed by atoms with Gasteiger partial charge in [0.25, 0.3) is 0 Å². The molecule has 0 bridgehead atoms. The summed E-state index contributed by atoms with van der Waals surface area (Å²) < 4.78 is 2.52. The molecule has 0 amide bonds. The largest absolute Gasteiger partial charge is 0.293 e. The van der Waals surface area contributed by atoms with E-state index in [9.17, 15) is 9.59 Å². The average Bonchev–Trinajstić information content (AvgIpc) is 3.79. The highest BCUT2D eigenvalue weighted by atomic mass is 32.1. The Labute approximate surface area is 254 Å². The van der Waals surface area contributed by atoms with Gasteiger partial charge in [0.2, 0.25) is 0 Å². The predicted molar refractivity (Wildman–Crippen MR) is 179 cm³/mol. The molecular formula is C34H38O2S4. The van der Waals surface area contributed by atoms with Crippen LogP contribution in [0.5, 0.6) is 0 Å². The fourth-order valence-corrected chi connectivity index (χ4v) is 9.95. The summed E-state index contributed by atoms with van der Waals surface area (Å²) in [5, 5.41) is 6.83. The van der Waals surface area contributed by atoms with Crippen molar-refractivity contribution in [3.05, 3.63) is 56.9 Å². The molecule has 0 spiro atoms. The lowest BCUT2D eigenvalue weighted by Gasteiger charge is -2.12. The molecular weight excluding hydrogens is 569 g/mol. The van der Waals surface area contributed by atoms with E-state index in [0.29, 0.717) is 11.6 Å². The van der Waals surface area contributed by atoms with Gasteiger partial charge in [-0.05, 0) is 72.8 Å². The number of carbonyl (C=O) groups excluding carboxylic acids is 2. The molecule has 4 heterocycles. The highest BCUT2D eigenvalue weighted by Gasteiger charge is 2.25. The van der Waals surface area contributed by atoms with E-state index < -0.39 is 0 Å². The summed E-state index contributed by atoms with van der Waals surface area (Å²) in [5.74, 6) is 0.823. The van der Waals surface area contributed by atoms with Crippen molar-refractivity contribution in [1.29, 1.82) is 0 Å². The summed E-state index contributed by atoms with van der Waals surface area (Å²) in [6, 6.07) is 12.8. The van der Waals surface area contributed by atoms with Crippen molar-refractivity contribution in [3.63, 3.8) is 0 Å². The molecule has 0 N–H and O–H groups in total. The fraction of sp³-hybridized carbons (Fsp3) is 0.412. The summed E-state index contributed by atoms with van der Waals surface area (Å²) in [5.41, 5.74) is 2.49. The lowest BCUT2D eigenvalue weighted by Crippen LogP contribution is -2.12. The summed E-state index contributed by atoms with van der Waals surface area (Å²) in [6.07, 6.45) is 8.18. The van der Waals surface area contributed by atoms with Gasteiger partial charge in [-0.15, -0.1) is 45.3 Å². The zero-order chi connectivity index (χ0) is 28.2. The maximum absolute atomic E-state index is 13.4. The normalized spacial score (nSPS) is 13.3. The molecule has 40 heavy (non-hydrogen) atoms. The van der Waals surface area contributed by atoms with E-state index in [2.05, 4.69) is 62.7 Å². The highest BCUT2D eigenvalue weighted by molar-refractivity contribution is 7.23. The molecule has 0 saturated heterocycles. The molecule has 0 radical (unpaired) electrons. The number of hydrogen-bond acceptors (Lipinski definition) is 6. The maximum Gasteiger partial charge on any atom is 0.175 e. The van der Waals surface area contributed by atoms with Crippen molar-refractivity contribution in [3.8, 4) is 20.9 Å². The van der Waals surface area contributed by atoms with Crippen LogP contribution in [-0.4, -0.2) is 11.6 Å². The minimum absolute atomic E-state index is 0.113. The molecule has 0 aliphatic carbocycles. The van der Waals surface area contributed by atoms with Gasteiger partial charge >= 0.3 is 0 Å². The third-order valence-corrected chi connectivity index (χ3v) is 12.2. The molecule has 2 unspecified atom stereocenters. The highest BCUT2D eigenvalue weighted by Crippen LogP contribution is 2.50. The lowest BCUT2D eigenvalue weighted by atomic mass is 9.94. The number of fused-ring (bicyclic) bond motifs is 2. The van der Waals surface area contributed by atoms with Gasteiger partial charge in [-0.2, -0.15) is 0 Å². The van der Waals surface area contributed by atoms with Crippen molar-refractivity contribution in [2.45, 2.75) is 79.1 Å². The molecule has 0 aliphatic heterocycles. The fourth-order valence-electron chi connectivity index (χ4n) is 5.69. The number of hydrogen-bond donors (Lipinski definition) is 0. The van der Waals surface area contributed by atoms with E-state index in [1.807, 2.05) is 12.1 Å². The summed E-state index contributed by atoms with van der Waals surface area (Å²) in [4.78, 5) is 30.8. The van der Waals surface area contributed by atoms with Crippen LogP contribution in [0.15, 0.2) is 47.2 Å². The van der Waals surface area contributed by atoms with E-state index in [1.165, 1.54) is 41.1 Å². The Morgan fingerprint density at radius 3 is 1.43 bits per heavy atom. The standard InChI is InChI=1S/C34H38O2S4/c1-5-9-11-21(7-3)31(35)27-15-13-25(39-27)29-23-17-19-38-34(23)30(24-18-20-37-33(24)29)26-14-16-28(40-26)32(36)22(8-4)12-10-6-2/h13-22H,5-12H2,1-4H3. The van der Waals surface area contributed by atoms with Crippen LogP contribution in [0.2, 0.25) is 0 Å². The molecule has 2 atom stereocenters. The van der Waals surface area contributed by atoms with Gasteiger partial charge in [0.05, 0.1) is 9.75 Å². The molecule has 6 heteroatoms. The predicted octanol–water partition coefficient (Wildman–Crippen LogP) is 12.4. The number of thiophene rings is 4. The molecule has 0 fully saturated rings. The topological polar surface area (TPSA) is 34.1 Å². The first-order valence-corrected chi connectivity index (χ1v) is 18.1. The van der Waals surface area contributed by atoms with Crippen LogP contribution in [-0.2, 0) is 0 Å². The quantitative estimate of drug-likeness (QED) is 0.118. The number of rotatable bonds is 14. The first-order chi connectivity index (χ1) is 19.5. The first-order valence-electron chi connectivity index (χ1n) is 14.7. The van der Waals surface area contributed by atoms with Crippen LogP contribution in [0.4, 0.5) is 0 Å². The number of Topliss-reactive ketones (excluding diaryl/α,β-unsaturated/α-hetero) is 2. The van der Waals surface area contributed by atoms with E-state index in [1.54, 1.807) is 45.3 Å². The summed E-state index contributed by atoms with van der Waals surface area (Å²) >= 11 is 6.84. The van der Waals surface area contributed by atoms with Crippen molar-refractivity contribution in [2.24, 2.45) is 11.8 Å². The van der Waals surface area contributed by atoms with Gasteiger partial charge in [-0.25, -0.2) is 0 Å². The van der Waals surface area contributed by atoms with Gasteiger partial charge in [-0.1, -0.05) is 53.4 Å². The van der Waals surface area contributed by atoms with Crippen LogP contribution in [0.25, 0.3) is 41.1 Å². The van der Waals surface area contributed by atoms with E-state index in [0.717, 1.165) is 61.1 Å². The number of ketones is 2. The van der Waals surface area contributed by atoms with Gasteiger partial charge in [-0.3, -0.25) is 9.59 Å². The third-order valence-electron chi connectivity index (χ3n) is 8.05. The Kier molecular flexibility index (Phi) is 9.72. The van der Waals surface area contributed by atoms with Gasteiger partial charge in [0.15, 0.2) is 11.6 Å².